The second kappa shape index (κ2) is 4.67. The smallest absolute Gasteiger partial charge is 0.127 e. The van der Waals surface area contributed by atoms with E-state index in [1.807, 2.05) is 31.2 Å². The zero-order chi connectivity index (χ0) is 13.4. The molecule has 3 heteroatoms. The van der Waals surface area contributed by atoms with Crippen LogP contribution in [0.4, 0.5) is 4.39 Å². The number of aliphatic hydroxyl groups excluding tert-OH is 1. The van der Waals surface area contributed by atoms with Crippen molar-refractivity contribution in [2.75, 3.05) is 0 Å². The summed E-state index contributed by atoms with van der Waals surface area (Å²) in [5, 5.41) is 10.1. The van der Waals surface area contributed by atoms with E-state index in [4.69, 9.17) is 4.74 Å². The largest absolute Gasteiger partial charge is 0.485 e. The van der Waals surface area contributed by atoms with Gasteiger partial charge in [-0.15, -0.1) is 0 Å². The van der Waals surface area contributed by atoms with Gasteiger partial charge in [-0.1, -0.05) is 29.8 Å². The van der Waals surface area contributed by atoms with Crippen LogP contribution in [0.5, 0.6) is 5.75 Å². The lowest BCUT2D eigenvalue weighted by Crippen LogP contribution is -2.19. The van der Waals surface area contributed by atoms with E-state index >= 15 is 0 Å². The summed E-state index contributed by atoms with van der Waals surface area (Å²) in [7, 11) is 0. The minimum Gasteiger partial charge on any atom is -0.485 e. The lowest BCUT2D eigenvalue weighted by Gasteiger charge is -2.30. The van der Waals surface area contributed by atoms with Crippen LogP contribution in [-0.4, -0.2) is 5.11 Å². The average molecular weight is 258 g/mol. The number of fused-ring (bicyclic) bond motifs is 1. The molecule has 0 aliphatic carbocycles. The second-order valence-corrected chi connectivity index (χ2v) is 4.95. The Kier molecular flexibility index (Phi) is 2.99. The molecule has 0 saturated carbocycles. The molecular formula is C16H15FO2. The number of halogens is 1. The molecule has 1 aliphatic heterocycles. The predicted molar refractivity (Wildman–Crippen MR) is 70.5 cm³/mol. The van der Waals surface area contributed by atoms with Gasteiger partial charge in [0.25, 0.3) is 0 Å². The summed E-state index contributed by atoms with van der Waals surface area (Å²) in [6.45, 7) is 2.03. The first kappa shape index (κ1) is 12.2. The van der Waals surface area contributed by atoms with Crippen LogP contribution < -0.4 is 4.74 Å². The number of ether oxygens (including phenoxy) is 1. The maximum atomic E-state index is 13.2. The normalized spacial score (nSPS) is 21.6. The minimum atomic E-state index is -0.689. The summed E-state index contributed by atoms with van der Waals surface area (Å²) in [5.74, 6) is 0.209. The summed E-state index contributed by atoms with van der Waals surface area (Å²) in [6, 6.07) is 12.3. The van der Waals surface area contributed by atoms with Crippen LogP contribution >= 0.6 is 0 Å². The number of benzene rings is 2. The predicted octanol–water partition coefficient (Wildman–Crippen LogP) is 3.69. The summed E-state index contributed by atoms with van der Waals surface area (Å²) >= 11 is 0. The Labute approximate surface area is 111 Å². The van der Waals surface area contributed by atoms with Gasteiger partial charge in [-0.05, 0) is 30.7 Å². The maximum Gasteiger partial charge on any atom is 0.127 e. The summed E-state index contributed by atoms with van der Waals surface area (Å²) in [4.78, 5) is 0. The minimum absolute atomic E-state index is 0.187. The molecule has 0 aromatic heterocycles. The van der Waals surface area contributed by atoms with Gasteiger partial charge in [-0.2, -0.15) is 0 Å². The van der Waals surface area contributed by atoms with Crippen LogP contribution in [0.25, 0.3) is 0 Å². The molecule has 0 radical (unpaired) electrons. The van der Waals surface area contributed by atoms with E-state index < -0.39 is 6.10 Å². The Hall–Kier alpha value is -1.87. The van der Waals surface area contributed by atoms with Crippen molar-refractivity contribution in [1.82, 2.24) is 0 Å². The molecule has 2 atom stereocenters. The number of hydrogen-bond acceptors (Lipinski definition) is 2. The fourth-order valence-electron chi connectivity index (χ4n) is 2.40. The third kappa shape index (κ3) is 2.34. The number of hydrogen-bond donors (Lipinski definition) is 1. The average Bonchev–Trinajstić information content (AvgIpc) is 2.40. The van der Waals surface area contributed by atoms with E-state index in [-0.39, 0.29) is 11.9 Å². The molecule has 3 rings (SSSR count). The monoisotopic (exact) mass is 258 g/mol. The SMILES string of the molecule is Cc1ccc(C2C[C@H](O)c3cc(F)ccc3O2)cc1. The van der Waals surface area contributed by atoms with Gasteiger partial charge in [0.2, 0.25) is 0 Å². The van der Waals surface area contributed by atoms with E-state index in [1.54, 1.807) is 6.07 Å². The van der Waals surface area contributed by atoms with Gasteiger partial charge in [0.05, 0.1) is 6.10 Å². The molecule has 2 aromatic rings. The first-order valence-electron chi connectivity index (χ1n) is 6.34. The second-order valence-electron chi connectivity index (χ2n) is 4.95. The molecule has 0 bridgehead atoms. The van der Waals surface area contributed by atoms with Gasteiger partial charge in [0, 0.05) is 12.0 Å². The maximum absolute atomic E-state index is 13.2. The van der Waals surface area contributed by atoms with Crippen LogP contribution in [0.1, 0.15) is 35.3 Å². The molecule has 2 aromatic carbocycles. The molecule has 1 N–H and O–H groups in total. The molecule has 0 amide bonds. The third-order valence-corrected chi connectivity index (χ3v) is 3.49. The first-order chi connectivity index (χ1) is 9.13. The van der Waals surface area contributed by atoms with Gasteiger partial charge in [-0.3, -0.25) is 0 Å². The standard InChI is InChI=1S/C16H15FO2/c1-10-2-4-11(5-3-10)16-9-14(18)13-8-12(17)6-7-15(13)19-16/h2-8,14,16,18H,9H2,1H3/t14-,16?/m0/s1. The van der Waals surface area contributed by atoms with Crippen molar-refractivity contribution in [2.24, 2.45) is 0 Å². The van der Waals surface area contributed by atoms with Crippen molar-refractivity contribution < 1.29 is 14.2 Å². The molecule has 0 fully saturated rings. The molecule has 1 unspecified atom stereocenters. The topological polar surface area (TPSA) is 29.5 Å². The highest BCUT2D eigenvalue weighted by Gasteiger charge is 2.28. The Bertz CT molecular complexity index is 592. The van der Waals surface area contributed by atoms with Gasteiger partial charge in [-0.25, -0.2) is 4.39 Å². The van der Waals surface area contributed by atoms with Crippen molar-refractivity contribution >= 4 is 0 Å². The van der Waals surface area contributed by atoms with Crippen molar-refractivity contribution in [3.63, 3.8) is 0 Å². The zero-order valence-electron chi connectivity index (χ0n) is 10.6. The highest BCUT2D eigenvalue weighted by atomic mass is 19.1. The van der Waals surface area contributed by atoms with Crippen LogP contribution in [0.3, 0.4) is 0 Å². The third-order valence-electron chi connectivity index (χ3n) is 3.49. The van der Waals surface area contributed by atoms with Gasteiger partial charge < -0.3 is 9.84 Å². The number of aliphatic hydroxyl groups is 1. The van der Waals surface area contributed by atoms with Crippen LogP contribution in [-0.2, 0) is 0 Å². The summed E-state index contributed by atoms with van der Waals surface area (Å²) < 4.78 is 19.0. The highest BCUT2D eigenvalue weighted by Crippen LogP contribution is 2.40. The fraction of sp³-hybridized carbons (Fsp3) is 0.250. The van der Waals surface area contributed by atoms with E-state index in [1.165, 1.54) is 17.7 Å². The van der Waals surface area contributed by atoms with E-state index in [2.05, 4.69) is 0 Å². The fourth-order valence-corrected chi connectivity index (χ4v) is 2.40. The van der Waals surface area contributed by atoms with Crippen molar-refractivity contribution in [2.45, 2.75) is 25.6 Å². The van der Waals surface area contributed by atoms with Crippen molar-refractivity contribution in [3.8, 4) is 5.75 Å². The summed E-state index contributed by atoms with van der Waals surface area (Å²) in [6.07, 6.45) is -0.432. The molecule has 19 heavy (non-hydrogen) atoms. The first-order valence-corrected chi connectivity index (χ1v) is 6.34. The van der Waals surface area contributed by atoms with E-state index in [0.29, 0.717) is 17.7 Å². The van der Waals surface area contributed by atoms with Crippen LogP contribution in [0.2, 0.25) is 0 Å². The molecule has 0 spiro atoms. The highest BCUT2D eigenvalue weighted by molar-refractivity contribution is 5.39. The van der Waals surface area contributed by atoms with Crippen molar-refractivity contribution in [3.05, 3.63) is 65.0 Å². The Morgan fingerprint density at radius 3 is 2.63 bits per heavy atom. The molecule has 98 valence electrons. The Morgan fingerprint density at radius 2 is 1.89 bits per heavy atom. The molecule has 1 heterocycles. The van der Waals surface area contributed by atoms with E-state index in [0.717, 1.165) is 5.56 Å². The van der Waals surface area contributed by atoms with Gasteiger partial charge >= 0.3 is 0 Å². The van der Waals surface area contributed by atoms with Crippen molar-refractivity contribution in [1.29, 1.82) is 0 Å². The molecule has 0 saturated heterocycles. The quantitative estimate of drug-likeness (QED) is 0.845. The zero-order valence-corrected chi connectivity index (χ0v) is 10.6. The van der Waals surface area contributed by atoms with Gasteiger partial charge in [0.15, 0.2) is 0 Å². The lowest BCUT2D eigenvalue weighted by molar-refractivity contribution is 0.0653. The van der Waals surface area contributed by atoms with E-state index in [9.17, 15) is 9.50 Å². The van der Waals surface area contributed by atoms with Gasteiger partial charge in [0.1, 0.15) is 17.7 Å². The summed E-state index contributed by atoms with van der Waals surface area (Å²) in [5.41, 5.74) is 2.74. The van der Waals surface area contributed by atoms with Crippen LogP contribution in [0, 0.1) is 12.7 Å². The number of aryl methyl sites for hydroxylation is 1. The molecule has 2 nitrogen and oxygen atoms in total. The Morgan fingerprint density at radius 1 is 1.16 bits per heavy atom. The molecule has 1 aliphatic rings. The lowest BCUT2D eigenvalue weighted by atomic mass is 9.94. The van der Waals surface area contributed by atoms with Crippen LogP contribution in [0.15, 0.2) is 42.5 Å². The number of rotatable bonds is 1. The Balaban J connectivity index is 1.92. The molecular weight excluding hydrogens is 243 g/mol.